The third kappa shape index (κ3) is 3.69. The monoisotopic (exact) mass is 318 g/mol. The molecular weight excluding hydrogens is 295 g/mol. The maximum absolute atomic E-state index is 13.2. The van der Waals surface area contributed by atoms with Crippen LogP contribution in [0.2, 0.25) is 0 Å². The molecule has 1 atom stereocenters. The summed E-state index contributed by atoms with van der Waals surface area (Å²) in [5.74, 6) is 0.500. The highest BCUT2D eigenvalue weighted by atomic mass is 19.1. The lowest BCUT2D eigenvalue weighted by Crippen LogP contribution is -2.46. The van der Waals surface area contributed by atoms with E-state index in [2.05, 4.69) is 15.3 Å². The van der Waals surface area contributed by atoms with Crippen molar-refractivity contribution in [2.45, 2.75) is 51.2 Å². The number of fused-ring (bicyclic) bond motifs is 1. The van der Waals surface area contributed by atoms with E-state index in [1.54, 1.807) is 6.07 Å². The summed E-state index contributed by atoms with van der Waals surface area (Å²) in [7, 11) is 1.90. The number of H-pyrrole nitrogens is 1. The maximum atomic E-state index is 13.2. The van der Waals surface area contributed by atoms with Crippen LogP contribution in [-0.2, 0) is 11.3 Å². The van der Waals surface area contributed by atoms with Gasteiger partial charge in [-0.25, -0.2) is 9.37 Å². The largest absolute Gasteiger partial charge is 0.352 e. The first-order chi connectivity index (χ1) is 11.0. The van der Waals surface area contributed by atoms with Crippen LogP contribution < -0.4 is 5.32 Å². The van der Waals surface area contributed by atoms with E-state index in [9.17, 15) is 9.18 Å². The van der Waals surface area contributed by atoms with E-state index in [1.165, 1.54) is 25.0 Å². The zero-order valence-corrected chi connectivity index (χ0v) is 13.6. The molecule has 1 aromatic carbocycles. The lowest BCUT2D eigenvalue weighted by molar-refractivity contribution is -0.126. The highest BCUT2D eigenvalue weighted by Crippen LogP contribution is 2.18. The van der Waals surface area contributed by atoms with Gasteiger partial charge in [0, 0.05) is 6.04 Å². The Hall–Kier alpha value is -1.95. The van der Waals surface area contributed by atoms with Crippen molar-refractivity contribution in [2.75, 3.05) is 7.05 Å². The topological polar surface area (TPSA) is 61.0 Å². The predicted octanol–water partition coefficient (Wildman–Crippen LogP) is 2.58. The summed E-state index contributed by atoms with van der Waals surface area (Å²) in [6.07, 6.45) is 4.56. The van der Waals surface area contributed by atoms with Gasteiger partial charge in [-0.2, -0.15) is 0 Å². The van der Waals surface area contributed by atoms with Crippen LogP contribution in [0.1, 0.15) is 38.4 Å². The van der Waals surface area contributed by atoms with Crippen LogP contribution in [0, 0.1) is 5.82 Å². The van der Waals surface area contributed by atoms with Gasteiger partial charge in [0.2, 0.25) is 5.91 Å². The lowest BCUT2D eigenvalue weighted by Gasteiger charge is -2.24. The molecule has 1 aliphatic rings. The van der Waals surface area contributed by atoms with Gasteiger partial charge in [0.15, 0.2) is 0 Å². The molecule has 3 rings (SSSR count). The Bertz CT molecular complexity index is 693. The molecule has 124 valence electrons. The molecule has 2 aromatic rings. The van der Waals surface area contributed by atoms with E-state index >= 15 is 0 Å². The van der Waals surface area contributed by atoms with Crippen LogP contribution in [-0.4, -0.2) is 39.9 Å². The Kier molecular flexibility index (Phi) is 4.61. The van der Waals surface area contributed by atoms with E-state index in [1.807, 2.05) is 18.9 Å². The molecule has 0 bridgehead atoms. The fraction of sp³-hybridized carbons (Fsp3) is 0.529. The number of aromatic nitrogens is 2. The molecule has 1 fully saturated rings. The standard InChI is InChI=1S/C17H23FN4O/c1-11(17(23)19-13-5-3-4-6-13)22(2)10-16-20-14-8-7-12(18)9-15(14)21-16/h7-9,11,13H,3-6,10H2,1-2H3,(H,19,23)(H,20,21)/t11-/m1/s1. The summed E-state index contributed by atoms with van der Waals surface area (Å²) in [5.41, 5.74) is 1.41. The van der Waals surface area contributed by atoms with Gasteiger partial charge in [-0.3, -0.25) is 9.69 Å². The molecule has 5 nitrogen and oxygen atoms in total. The minimum Gasteiger partial charge on any atom is -0.352 e. The number of imidazole rings is 1. The number of amides is 1. The van der Waals surface area contributed by atoms with E-state index in [-0.39, 0.29) is 17.8 Å². The average molecular weight is 318 g/mol. The number of carbonyl (C=O) groups is 1. The zero-order chi connectivity index (χ0) is 16.4. The van der Waals surface area contributed by atoms with Crippen molar-refractivity contribution in [3.05, 3.63) is 29.8 Å². The average Bonchev–Trinajstić information content (AvgIpc) is 3.14. The number of hydrogen-bond acceptors (Lipinski definition) is 3. The van der Waals surface area contributed by atoms with Gasteiger partial charge in [0.25, 0.3) is 0 Å². The highest BCUT2D eigenvalue weighted by molar-refractivity contribution is 5.81. The molecule has 23 heavy (non-hydrogen) atoms. The second kappa shape index (κ2) is 6.66. The third-order valence-corrected chi connectivity index (χ3v) is 4.63. The molecule has 6 heteroatoms. The maximum Gasteiger partial charge on any atom is 0.237 e. The third-order valence-electron chi connectivity index (χ3n) is 4.63. The number of benzene rings is 1. The fourth-order valence-corrected chi connectivity index (χ4v) is 3.07. The summed E-state index contributed by atoms with van der Waals surface area (Å²) >= 11 is 0. The van der Waals surface area contributed by atoms with Crippen molar-refractivity contribution in [2.24, 2.45) is 0 Å². The Morgan fingerprint density at radius 2 is 2.22 bits per heavy atom. The first-order valence-corrected chi connectivity index (χ1v) is 8.17. The molecule has 2 N–H and O–H groups in total. The van der Waals surface area contributed by atoms with Crippen LogP contribution in [0.3, 0.4) is 0 Å². The molecule has 0 aliphatic heterocycles. The summed E-state index contributed by atoms with van der Waals surface area (Å²) in [6.45, 7) is 2.40. The molecule has 1 amide bonds. The van der Waals surface area contributed by atoms with Gasteiger partial charge in [0.1, 0.15) is 11.6 Å². The van der Waals surface area contributed by atoms with Crippen LogP contribution in [0.5, 0.6) is 0 Å². The number of nitrogens with zero attached hydrogens (tertiary/aromatic N) is 2. The van der Waals surface area contributed by atoms with Gasteiger partial charge in [-0.1, -0.05) is 12.8 Å². The van der Waals surface area contributed by atoms with Gasteiger partial charge in [-0.05, 0) is 45.0 Å². The lowest BCUT2D eigenvalue weighted by atomic mass is 10.2. The first kappa shape index (κ1) is 15.9. The first-order valence-electron chi connectivity index (χ1n) is 8.17. The van der Waals surface area contributed by atoms with Crippen LogP contribution >= 0.6 is 0 Å². The highest BCUT2D eigenvalue weighted by Gasteiger charge is 2.23. The molecule has 0 spiro atoms. The number of carbonyl (C=O) groups excluding carboxylic acids is 1. The summed E-state index contributed by atoms with van der Waals surface area (Å²) in [4.78, 5) is 21.8. The molecule has 1 heterocycles. The predicted molar refractivity (Wildman–Crippen MR) is 87.4 cm³/mol. The molecule has 0 radical (unpaired) electrons. The van der Waals surface area contributed by atoms with Crippen LogP contribution in [0.25, 0.3) is 11.0 Å². The number of halogens is 1. The Labute approximate surface area is 135 Å². The Balaban J connectivity index is 1.62. The number of nitrogens with one attached hydrogen (secondary N) is 2. The van der Waals surface area contributed by atoms with Crippen molar-refractivity contribution in [1.82, 2.24) is 20.2 Å². The smallest absolute Gasteiger partial charge is 0.237 e. The second-order valence-corrected chi connectivity index (χ2v) is 6.43. The molecule has 0 unspecified atom stereocenters. The van der Waals surface area contributed by atoms with Crippen molar-refractivity contribution < 1.29 is 9.18 Å². The minimum atomic E-state index is -0.287. The van der Waals surface area contributed by atoms with Crippen molar-refractivity contribution in [3.63, 3.8) is 0 Å². The van der Waals surface area contributed by atoms with Crippen LogP contribution in [0.15, 0.2) is 18.2 Å². The number of likely N-dealkylation sites (N-methyl/N-ethyl adjacent to an activating group) is 1. The Morgan fingerprint density at radius 3 is 2.96 bits per heavy atom. The molecule has 0 saturated heterocycles. The molecule has 1 aliphatic carbocycles. The number of hydrogen-bond donors (Lipinski definition) is 2. The van der Waals surface area contributed by atoms with E-state index < -0.39 is 0 Å². The normalized spacial score (nSPS) is 17.0. The summed E-state index contributed by atoms with van der Waals surface area (Å²) in [6, 6.07) is 4.57. The van der Waals surface area contributed by atoms with E-state index in [0.717, 1.165) is 24.2 Å². The van der Waals surface area contributed by atoms with Gasteiger partial charge in [-0.15, -0.1) is 0 Å². The van der Waals surface area contributed by atoms with E-state index in [4.69, 9.17) is 0 Å². The SMILES string of the molecule is C[C@H](C(=O)NC1CCCC1)N(C)Cc1nc2ccc(F)cc2[nH]1. The summed E-state index contributed by atoms with van der Waals surface area (Å²) < 4.78 is 13.2. The van der Waals surface area contributed by atoms with Crippen molar-refractivity contribution >= 4 is 16.9 Å². The van der Waals surface area contributed by atoms with Gasteiger partial charge >= 0.3 is 0 Å². The minimum absolute atomic E-state index is 0.0570. The van der Waals surface area contributed by atoms with Gasteiger partial charge in [0.05, 0.1) is 23.6 Å². The second-order valence-electron chi connectivity index (χ2n) is 6.43. The number of rotatable bonds is 5. The van der Waals surface area contributed by atoms with Gasteiger partial charge < -0.3 is 10.3 Å². The summed E-state index contributed by atoms with van der Waals surface area (Å²) in [5, 5.41) is 3.12. The molecule has 1 saturated carbocycles. The van der Waals surface area contributed by atoms with Crippen molar-refractivity contribution in [1.29, 1.82) is 0 Å². The number of aromatic amines is 1. The zero-order valence-electron chi connectivity index (χ0n) is 13.6. The van der Waals surface area contributed by atoms with Crippen molar-refractivity contribution in [3.8, 4) is 0 Å². The molecular formula is C17H23FN4O. The molecule has 1 aromatic heterocycles. The van der Waals surface area contributed by atoms with E-state index in [0.29, 0.717) is 18.1 Å². The Morgan fingerprint density at radius 1 is 1.48 bits per heavy atom. The fourth-order valence-electron chi connectivity index (χ4n) is 3.07. The quantitative estimate of drug-likeness (QED) is 0.891. The van der Waals surface area contributed by atoms with Crippen LogP contribution in [0.4, 0.5) is 4.39 Å².